The minimum Gasteiger partial charge on any atom is -0.395 e. The highest BCUT2D eigenvalue weighted by Crippen LogP contribution is 2.34. The van der Waals surface area contributed by atoms with E-state index in [1.807, 2.05) is 0 Å². The molecule has 1 unspecified atom stereocenters. The number of aliphatic hydroxyl groups is 1. The molecule has 0 fully saturated rings. The smallest absolute Gasteiger partial charge is 0.243 e. The number of hydrogen-bond acceptors (Lipinski definition) is 4. The second kappa shape index (κ2) is 6.36. The number of anilines is 1. The van der Waals surface area contributed by atoms with Gasteiger partial charge in [0.1, 0.15) is 4.90 Å². The van der Waals surface area contributed by atoms with Gasteiger partial charge in [-0.15, -0.1) is 0 Å². The number of nitrogens with one attached hydrogen (secondary N) is 1. The van der Waals surface area contributed by atoms with E-state index >= 15 is 0 Å². The zero-order chi connectivity index (χ0) is 14.8. The summed E-state index contributed by atoms with van der Waals surface area (Å²) in [6.07, 6.45) is -0.452. The molecular formula is C10H13BrClFN2O3S. The first-order valence-corrected chi connectivity index (χ1v) is 7.93. The van der Waals surface area contributed by atoms with Gasteiger partial charge in [-0.25, -0.2) is 17.5 Å². The number of aliphatic hydroxyl groups excluding tert-OH is 1. The zero-order valence-electron chi connectivity index (χ0n) is 9.95. The average Bonchev–Trinajstić information content (AvgIpc) is 2.30. The van der Waals surface area contributed by atoms with E-state index in [9.17, 15) is 12.8 Å². The van der Waals surface area contributed by atoms with Crippen molar-refractivity contribution in [1.82, 2.24) is 4.72 Å². The van der Waals surface area contributed by atoms with Crippen LogP contribution in [0.25, 0.3) is 0 Å². The highest BCUT2D eigenvalue weighted by Gasteiger charge is 2.23. The van der Waals surface area contributed by atoms with Gasteiger partial charge in [0.15, 0.2) is 5.82 Å². The minimum atomic E-state index is -4.07. The maximum Gasteiger partial charge on any atom is 0.243 e. The Bertz CT molecular complexity index is 581. The summed E-state index contributed by atoms with van der Waals surface area (Å²) in [4.78, 5) is -0.621. The van der Waals surface area contributed by atoms with E-state index in [0.29, 0.717) is 0 Å². The lowest BCUT2D eigenvalue weighted by Crippen LogP contribution is -2.27. The van der Waals surface area contributed by atoms with Crippen LogP contribution in [0.2, 0.25) is 5.02 Å². The van der Waals surface area contributed by atoms with Crippen LogP contribution in [0.1, 0.15) is 13.3 Å². The van der Waals surface area contributed by atoms with Crippen LogP contribution in [0.3, 0.4) is 0 Å². The van der Waals surface area contributed by atoms with Gasteiger partial charge >= 0.3 is 0 Å². The molecule has 1 aromatic carbocycles. The predicted molar refractivity (Wildman–Crippen MR) is 75.0 cm³/mol. The second-order valence-corrected chi connectivity index (χ2v) is 6.87. The summed E-state index contributed by atoms with van der Waals surface area (Å²) >= 11 is 8.71. The van der Waals surface area contributed by atoms with Crippen LogP contribution >= 0.6 is 27.5 Å². The van der Waals surface area contributed by atoms with E-state index in [-0.39, 0.29) is 28.1 Å². The third-order valence-electron chi connectivity index (χ3n) is 2.30. The molecule has 108 valence electrons. The molecule has 0 aromatic heterocycles. The molecule has 0 aliphatic carbocycles. The lowest BCUT2D eigenvalue weighted by Gasteiger charge is -2.11. The molecule has 0 amide bonds. The molecule has 0 aliphatic rings. The van der Waals surface area contributed by atoms with Crippen molar-refractivity contribution >= 4 is 43.2 Å². The summed E-state index contributed by atoms with van der Waals surface area (Å²) in [5, 5.41) is 9.04. The zero-order valence-corrected chi connectivity index (χ0v) is 13.1. The molecule has 9 heteroatoms. The molecule has 0 spiro atoms. The van der Waals surface area contributed by atoms with Crippen molar-refractivity contribution in [1.29, 1.82) is 0 Å². The quantitative estimate of drug-likeness (QED) is 0.541. The average molecular weight is 376 g/mol. The maximum atomic E-state index is 13.8. The highest BCUT2D eigenvalue weighted by atomic mass is 79.9. The number of nitrogen functional groups attached to an aromatic ring is 1. The first-order chi connectivity index (χ1) is 8.66. The van der Waals surface area contributed by atoms with Crippen molar-refractivity contribution in [2.45, 2.75) is 24.3 Å². The van der Waals surface area contributed by atoms with Gasteiger partial charge in [0, 0.05) is 6.54 Å². The Morgan fingerprint density at radius 3 is 2.74 bits per heavy atom. The Balaban J connectivity index is 3.09. The largest absolute Gasteiger partial charge is 0.395 e. The summed E-state index contributed by atoms with van der Waals surface area (Å²) in [5.74, 6) is -1.07. The van der Waals surface area contributed by atoms with Crippen LogP contribution in [-0.2, 0) is 10.0 Å². The van der Waals surface area contributed by atoms with E-state index in [1.54, 1.807) is 0 Å². The lowest BCUT2D eigenvalue weighted by molar-refractivity contribution is 0.186. The Kier molecular flexibility index (Phi) is 5.57. The van der Waals surface area contributed by atoms with Crippen LogP contribution in [0.15, 0.2) is 15.4 Å². The van der Waals surface area contributed by atoms with Crippen LogP contribution in [0.5, 0.6) is 0 Å². The molecule has 0 radical (unpaired) electrons. The maximum absolute atomic E-state index is 13.8. The molecule has 4 N–H and O–H groups in total. The normalized spacial score (nSPS) is 13.5. The fourth-order valence-electron chi connectivity index (χ4n) is 1.28. The summed E-state index contributed by atoms with van der Waals surface area (Å²) in [6, 6.07) is 0.974. The highest BCUT2D eigenvalue weighted by molar-refractivity contribution is 9.10. The fraction of sp³-hybridized carbons (Fsp3) is 0.400. The molecule has 1 rings (SSSR count). The third-order valence-corrected chi connectivity index (χ3v) is 5.14. The molecule has 5 nitrogen and oxygen atoms in total. The standard InChI is InChI=1S/C10H13BrClFN2O3S/c1-5(16)2-3-15-19(17,18)7-4-6(12)8(11)10(14)9(7)13/h4-5,15-16H,2-3,14H2,1H3. The third kappa shape index (κ3) is 4.03. The summed E-state index contributed by atoms with van der Waals surface area (Å²) < 4.78 is 39.9. The Morgan fingerprint density at radius 2 is 2.21 bits per heavy atom. The number of nitrogens with two attached hydrogens (primary N) is 1. The number of benzene rings is 1. The van der Waals surface area contributed by atoms with E-state index in [2.05, 4.69) is 20.7 Å². The van der Waals surface area contributed by atoms with Crippen LogP contribution < -0.4 is 10.5 Å². The van der Waals surface area contributed by atoms with Crippen LogP contribution in [0.4, 0.5) is 10.1 Å². The molecule has 1 atom stereocenters. The van der Waals surface area contributed by atoms with Crippen molar-refractivity contribution < 1.29 is 17.9 Å². The van der Waals surface area contributed by atoms with Gasteiger partial charge < -0.3 is 10.8 Å². The SMILES string of the molecule is CC(O)CCNS(=O)(=O)c1cc(Cl)c(Br)c(N)c1F. The summed E-state index contributed by atoms with van der Waals surface area (Å²) in [7, 11) is -4.07. The van der Waals surface area contributed by atoms with Gasteiger partial charge in [0.25, 0.3) is 0 Å². The predicted octanol–water partition coefficient (Wildman–Crippen LogP) is 1.87. The van der Waals surface area contributed by atoms with E-state index < -0.39 is 26.8 Å². The van der Waals surface area contributed by atoms with Gasteiger partial charge in [-0.05, 0) is 35.3 Å². The molecule has 0 saturated heterocycles. The molecule has 1 aromatic rings. The summed E-state index contributed by atoms with van der Waals surface area (Å²) in [6.45, 7) is 1.50. The van der Waals surface area contributed by atoms with Crippen LogP contribution in [0, 0.1) is 5.82 Å². The summed E-state index contributed by atoms with van der Waals surface area (Å²) in [5.41, 5.74) is 5.05. The fourth-order valence-corrected chi connectivity index (χ4v) is 3.00. The van der Waals surface area contributed by atoms with Crippen molar-refractivity contribution in [3.8, 4) is 0 Å². The number of hydrogen-bond donors (Lipinski definition) is 3. The number of halogens is 3. The monoisotopic (exact) mass is 374 g/mol. The van der Waals surface area contributed by atoms with Crippen LogP contribution in [-0.4, -0.2) is 26.2 Å². The van der Waals surface area contributed by atoms with Crippen molar-refractivity contribution in [3.05, 3.63) is 21.4 Å². The van der Waals surface area contributed by atoms with Gasteiger partial charge in [-0.2, -0.15) is 0 Å². The van der Waals surface area contributed by atoms with Crippen molar-refractivity contribution in [2.24, 2.45) is 0 Å². The van der Waals surface area contributed by atoms with Crippen molar-refractivity contribution in [3.63, 3.8) is 0 Å². The van der Waals surface area contributed by atoms with Gasteiger partial charge in [0.2, 0.25) is 10.0 Å². The van der Waals surface area contributed by atoms with E-state index in [1.165, 1.54) is 6.92 Å². The molecule has 0 heterocycles. The van der Waals surface area contributed by atoms with Gasteiger partial charge in [0.05, 0.1) is 21.3 Å². The molecule has 19 heavy (non-hydrogen) atoms. The first-order valence-electron chi connectivity index (χ1n) is 5.27. The minimum absolute atomic E-state index is 0.00481. The Hall–Kier alpha value is -0.410. The molecule has 0 aliphatic heterocycles. The Morgan fingerprint density at radius 1 is 1.63 bits per heavy atom. The Labute approximate surface area is 124 Å². The van der Waals surface area contributed by atoms with Crippen molar-refractivity contribution in [2.75, 3.05) is 12.3 Å². The number of rotatable bonds is 5. The molecule has 0 saturated carbocycles. The molecular weight excluding hydrogens is 363 g/mol. The van der Waals surface area contributed by atoms with E-state index in [0.717, 1.165) is 6.07 Å². The van der Waals surface area contributed by atoms with Gasteiger partial charge in [-0.1, -0.05) is 11.6 Å². The molecule has 0 bridgehead atoms. The topological polar surface area (TPSA) is 92.4 Å². The van der Waals surface area contributed by atoms with Gasteiger partial charge in [-0.3, -0.25) is 0 Å². The lowest BCUT2D eigenvalue weighted by atomic mass is 10.3. The second-order valence-electron chi connectivity index (χ2n) is 3.93. The van der Waals surface area contributed by atoms with E-state index in [4.69, 9.17) is 22.4 Å². The first kappa shape index (κ1) is 16.6. The number of sulfonamides is 1.